The molecule has 0 aliphatic heterocycles. The minimum atomic E-state index is -0.232. The summed E-state index contributed by atoms with van der Waals surface area (Å²) < 4.78 is 5.80. The molecule has 5 atom stereocenters. The van der Waals surface area contributed by atoms with E-state index < -0.39 is 0 Å². The number of ether oxygens (including phenoxy) is 1. The maximum Gasteiger partial charge on any atom is 0.303 e. The summed E-state index contributed by atoms with van der Waals surface area (Å²) >= 11 is 0. The van der Waals surface area contributed by atoms with Gasteiger partial charge in [0.05, 0.1) is 0 Å². The predicted molar refractivity (Wildman–Crippen MR) is 75.6 cm³/mol. The van der Waals surface area contributed by atoms with Crippen LogP contribution in [0.4, 0.5) is 0 Å². The zero-order valence-corrected chi connectivity index (χ0v) is 13.1. The molecule has 3 aliphatic rings. The third-order valence-electron chi connectivity index (χ3n) is 7.15. The van der Waals surface area contributed by atoms with Gasteiger partial charge in [0.2, 0.25) is 0 Å². The van der Waals surface area contributed by atoms with Gasteiger partial charge in [-0.25, -0.2) is 0 Å². The Hall–Kier alpha value is -0.530. The van der Waals surface area contributed by atoms with Crippen LogP contribution in [0.1, 0.15) is 66.7 Å². The zero-order valence-electron chi connectivity index (χ0n) is 13.1. The Morgan fingerprint density at radius 3 is 2.42 bits per heavy atom. The molecular formula is C17H28O2. The van der Waals surface area contributed by atoms with Gasteiger partial charge in [0.1, 0.15) is 5.60 Å². The zero-order chi connectivity index (χ0) is 14.1. The fourth-order valence-electron chi connectivity index (χ4n) is 6.31. The van der Waals surface area contributed by atoms with Crippen LogP contribution in [0.2, 0.25) is 0 Å². The van der Waals surface area contributed by atoms with Gasteiger partial charge in [0, 0.05) is 12.8 Å². The number of esters is 1. The molecule has 2 bridgehead atoms. The molecule has 3 fully saturated rings. The van der Waals surface area contributed by atoms with Gasteiger partial charge in [-0.15, -0.1) is 0 Å². The number of hydrogen-bond acceptors (Lipinski definition) is 2. The molecule has 0 unspecified atom stereocenters. The van der Waals surface area contributed by atoms with E-state index >= 15 is 0 Å². The molecular weight excluding hydrogens is 236 g/mol. The Labute approximate surface area is 117 Å². The first-order valence-corrected chi connectivity index (χ1v) is 7.92. The van der Waals surface area contributed by atoms with E-state index in [1.165, 1.54) is 25.7 Å². The van der Waals surface area contributed by atoms with Crippen LogP contribution in [-0.4, -0.2) is 11.6 Å². The van der Waals surface area contributed by atoms with Crippen molar-refractivity contribution < 1.29 is 9.53 Å². The molecule has 1 spiro atoms. The van der Waals surface area contributed by atoms with Crippen LogP contribution in [0, 0.1) is 28.6 Å². The third kappa shape index (κ3) is 1.58. The van der Waals surface area contributed by atoms with Gasteiger partial charge in [-0.3, -0.25) is 4.79 Å². The minimum Gasteiger partial charge on any atom is -0.459 e. The Balaban J connectivity index is 1.99. The standard InChI is InChI=1S/C17H28O2/c1-11-6-7-13-15(3,4)14-10-17(11,13)9-8-16(14,5)19-12(2)18/h11,13-14H,6-10H2,1-5H3/t11-,13-,14-,16+,17-/m0/s1. The lowest BCUT2D eigenvalue weighted by molar-refractivity contribution is -0.171. The molecule has 0 aromatic rings. The first-order valence-electron chi connectivity index (χ1n) is 7.92. The van der Waals surface area contributed by atoms with Crippen molar-refractivity contribution in [3.63, 3.8) is 0 Å². The van der Waals surface area contributed by atoms with Gasteiger partial charge in [-0.2, -0.15) is 0 Å². The van der Waals surface area contributed by atoms with Crippen molar-refractivity contribution >= 4 is 5.97 Å². The van der Waals surface area contributed by atoms with Gasteiger partial charge in [-0.1, -0.05) is 20.8 Å². The molecule has 3 rings (SSSR count). The molecule has 0 aromatic carbocycles. The number of carbonyl (C=O) groups is 1. The summed E-state index contributed by atoms with van der Waals surface area (Å²) in [6.45, 7) is 11.0. The van der Waals surface area contributed by atoms with Gasteiger partial charge in [0.25, 0.3) is 0 Å². The van der Waals surface area contributed by atoms with Crippen molar-refractivity contribution in [2.45, 2.75) is 72.3 Å². The van der Waals surface area contributed by atoms with E-state index in [-0.39, 0.29) is 11.6 Å². The summed E-state index contributed by atoms with van der Waals surface area (Å²) in [5, 5.41) is 0. The van der Waals surface area contributed by atoms with Crippen LogP contribution in [0.5, 0.6) is 0 Å². The van der Waals surface area contributed by atoms with Crippen LogP contribution in [0.25, 0.3) is 0 Å². The van der Waals surface area contributed by atoms with Crippen molar-refractivity contribution in [1.29, 1.82) is 0 Å². The van der Waals surface area contributed by atoms with Crippen molar-refractivity contribution in [2.24, 2.45) is 28.6 Å². The average molecular weight is 264 g/mol. The molecule has 3 saturated carbocycles. The molecule has 108 valence electrons. The smallest absolute Gasteiger partial charge is 0.303 e. The number of hydrogen-bond donors (Lipinski definition) is 0. The summed E-state index contributed by atoms with van der Waals surface area (Å²) in [4.78, 5) is 11.5. The molecule has 0 aromatic heterocycles. The van der Waals surface area contributed by atoms with E-state index in [1.54, 1.807) is 6.92 Å². The normalized spacial score (nSPS) is 50.9. The summed E-state index contributed by atoms with van der Waals surface area (Å²) in [5.74, 6) is 2.10. The highest BCUT2D eigenvalue weighted by molar-refractivity contribution is 5.66. The fraction of sp³-hybridized carbons (Fsp3) is 0.941. The molecule has 0 N–H and O–H groups in total. The Kier molecular flexibility index (Phi) is 2.67. The summed E-state index contributed by atoms with van der Waals surface area (Å²) in [7, 11) is 0. The molecule has 0 heterocycles. The second kappa shape index (κ2) is 3.77. The lowest BCUT2D eigenvalue weighted by Gasteiger charge is -2.46. The SMILES string of the molecule is CC(=O)O[C@]1(C)CC[C@@]23C[C@H]1C(C)(C)[C@@H]2CC[C@@H]3C. The molecule has 2 nitrogen and oxygen atoms in total. The molecule has 2 heteroatoms. The quantitative estimate of drug-likeness (QED) is 0.664. The van der Waals surface area contributed by atoms with E-state index in [0.717, 1.165) is 18.3 Å². The molecule has 19 heavy (non-hydrogen) atoms. The van der Waals surface area contributed by atoms with Crippen LogP contribution in [0.15, 0.2) is 0 Å². The Morgan fingerprint density at radius 2 is 1.79 bits per heavy atom. The van der Waals surface area contributed by atoms with Gasteiger partial charge >= 0.3 is 5.97 Å². The van der Waals surface area contributed by atoms with Gasteiger partial charge < -0.3 is 4.74 Å². The maximum absolute atomic E-state index is 11.5. The maximum atomic E-state index is 11.5. The van der Waals surface area contributed by atoms with Crippen molar-refractivity contribution in [3.05, 3.63) is 0 Å². The lowest BCUT2D eigenvalue weighted by Crippen LogP contribution is -2.47. The highest BCUT2D eigenvalue weighted by Gasteiger charge is 2.68. The lowest BCUT2D eigenvalue weighted by atomic mass is 9.64. The number of carbonyl (C=O) groups excluding carboxylic acids is 1. The van der Waals surface area contributed by atoms with Gasteiger partial charge in [0.15, 0.2) is 0 Å². The Morgan fingerprint density at radius 1 is 1.11 bits per heavy atom. The van der Waals surface area contributed by atoms with E-state index in [9.17, 15) is 4.79 Å². The number of fused-ring (bicyclic) bond motifs is 1. The van der Waals surface area contributed by atoms with Crippen LogP contribution in [0.3, 0.4) is 0 Å². The number of rotatable bonds is 1. The van der Waals surface area contributed by atoms with E-state index in [0.29, 0.717) is 16.7 Å². The van der Waals surface area contributed by atoms with E-state index in [4.69, 9.17) is 4.74 Å². The third-order valence-corrected chi connectivity index (χ3v) is 7.15. The summed E-state index contributed by atoms with van der Waals surface area (Å²) in [6, 6.07) is 0. The highest BCUT2D eigenvalue weighted by Crippen LogP contribution is 2.73. The highest BCUT2D eigenvalue weighted by atomic mass is 16.6. The molecule has 0 amide bonds. The Bertz CT molecular complexity index is 413. The summed E-state index contributed by atoms with van der Waals surface area (Å²) in [6.07, 6.45) is 6.35. The fourth-order valence-corrected chi connectivity index (χ4v) is 6.31. The largest absolute Gasteiger partial charge is 0.459 e. The van der Waals surface area contributed by atoms with E-state index in [2.05, 4.69) is 27.7 Å². The first kappa shape index (κ1) is 13.5. The molecule has 3 aliphatic carbocycles. The second-order valence-corrected chi connectivity index (χ2v) is 8.25. The van der Waals surface area contributed by atoms with Crippen molar-refractivity contribution in [1.82, 2.24) is 0 Å². The predicted octanol–water partition coefficient (Wildman–Crippen LogP) is 4.18. The van der Waals surface area contributed by atoms with Crippen molar-refractivity contribution in [3.8, 4) is 0 Å². The molecule has 0 saturated heterocycles. The first-order chi connectivity index (χ1) is 8.72. The summed E-state index contributed by atoms with van der Waals surface area (Å²) in [5.41, 5.74) is 0.629. The van der Waals surface area contributed by atoms with E-state index in [1.807, 2.05) is 0 Å². The molecule has 0 radical (unpaired) electrons. The van der Waals surface area contributed by atoms with Gasteiger partial charge in [-0.05, 0) is 61.7 Å². The topological polar surface area (TPSA) is 26.3 Å². The van der Waals surface area contributed by atoms with Crippen molar-refractivity contribution in [2.75, 3.05) is 0 Å². The van der Waals surface area contributed by atoms with Crippen LogP contribution in [-0.2, 0) is 9.53 Å². The monoisotopic (exact) mass is 264 g/mol. The average Bonchev–Trinajstić information content (AvgIpc) is 2.69. The second-order valence-electron chi connectivity index (χ2n) is 8.25. The van der Waals surface area contributed by atoms with Crippen LogP contribution >= 0.6 is 0 Å². The van der Waals surface area contributed by atoms with Crippen LogP contribution < -0.4 is 0 Å². The minimum absolute atomic E-state index is 0.112.